The molecule has 0 N–H and O–H groups in total. The average molecular weight is 268 g/mol. The van der Waals surface area contributed by atoms with Gasteiger partial charge >= 0.3 is 0 Å². The molecule has 0 saturated heterocycles. The Morgan fingerprint density at radius 3 is 2.80 bits per heavy atom. The number of nitrogens with zero attached hydrogens (tertiary/aromatic N) is 4. The Kier molecular flexibility index (Phi) is 2.20. The highest BCUT2D eigenvalue weighted by Gasteiger charge is 2.25. The third-order valence-electron chi connectivity index (χ3n) is 3.30. The van der Waals surface area contributed by atoms with Crippen molar-refractivity contribution in [2.24, 2.45) is 0 Å². The summed E-state index contributed by atoms with van der Waals surface area (Å²) in [5, 5.41) is 8.42. The molecule has 0 unspecified atom stereocenters. The Balaban J connectivity index is 1.98. The minimum atomic E-state index is 0.399. The molecule has 1 aliphatic rings. The highest BCUT2D eigenvalue weighted by molar-refractivity contribution is 5.59. The van der Waals surface area contributed by atoms with Gasteiger partial charge in [-0.1, -0.05) is 12.1 Å². The summed E-state index contributed by atoms with van der Waals surface area (Å²) in [6, 6.07) is 7.81. The van der Waals surface area contributed by atoms with Crippen LogP contribution in [0.3, 0.4) is 0 Å². The highest BCUT2D eigenvalue weighted by Crippen LogP contribution is 2.34. The second-order valence-corrected chi connectivity index (χ2v) is 4.68. The van der Waals surface area contributed by atoms with Crippen LogP contribution in [0.5, 0.6) is 5.75 Å². The van der Waals surface area contributed by atoms with E-state index in [-0.39, 0.29) is 0 Å². The minimum absolute atomic E-state index is 0.399. The van der Waals surface area contributed by atoms with Crippen molar-refractivity contribution in [2.45, 2.75) is 20.5 Å². The number of aromatic nitrogens is 4. The zero-order valence-electron chi connectivity index (χ0n) is 11.1. The molecule has 0 atom stereocenters. The van der Waals surface area contributed by atoms with Gasteiger partial charge in [-0.2, -0.15) is 0 Å². The molecule has 0 aliphatic carbocycles. The standard InChI is InChI=1S/C14H12N4O2/c1-8-13(20-9(2)15-8)14-17-16-12-7-19-11-6-4-3-5-10(11)18(12)14/h3-6H,7H2,1-2H3. The van der Waals surface area contributed by atoms with Crippen molar-refractivity contribution >= 4 is 0 Å². The Labute approximate surface area is 115 Å². The van der Waals surface area contributed by atoms with Crippen LogP contribution < -0.4 is 4.74 Å². The highest BCUT2D eigenvalue weighted by atomic mass is 16.5. The number of para-hydroxylation sites is 2. The number of oxazole rings is 1. The van der Waals surface area contributed by atoms with E-state index in [0.717, 1.165) is 23.0 Å². The summed E-state index contributed by atoms with van der Waals surface area (Å²) in [4.78, 5) is 4.29. The molecule has 0 amide bonds. The molecular formula is C14H12N4O2. The Hall–Kier alpha value is -2.63. The van der Waals surface area contributed by atoms with Crippen LogP contribution in [0.4, 0.5) is 0 Å². The SMILES string of the molecule is Cc1nc(C)c(-c2nnc3n2-c2ccccc2OC3)o1. The van der Waals surface area contributed by atoms with Gasteiger partial charge in [-0.3, -0.25) is 4.57 Å². The lowest BCUT2D eigenvalue weighted by atomic mass is 10.2. The van der Waals surface area contributed by atoms with E-state index in [9.17, 15) is 0 Å². The predicted octanol–water partition coefficient (Wildman–Crippen LogP) is 2.43. The molecule has 20 heavy (non-hydrogen) atoms. The number of fused-ring (bicyclic) bond motifs is 3. The first-order chi connectivity index (χ1) is 9.74. The van der Waals surface area contributed by atoms with Crippen LogP contribution in [0.2, 0.25) is 0 Å². The predicted molar refractivity (Wildman–Crippen MR) is 70.7 cm³/mol. The van der Waals surface area contributed by atoms with E-state index in [1.165, 1.54) is 0 Å². The number of hydrogen-bond acceptors (Lipinski definition) is 5. The lowest BCUT2D eigenvalue weighted by Crippen LogP contribution is -2.13. The van der Waals surface area contributed by atoms with Gasteiger partial charge in [0, 0.05) is 6.92 Å². The quantitative estimate of drug-likeness (QED) is 0.678. The minimum Gasteiger partial charge on any atom is -0.483 e. The average Bonchev–Trinajstić information content (AvgIpc) is 3.01. The van der Waals surface area contributed by atoms with E-state index in [4.69, 9.17) is 9.15 Å². The Morgan fingerprint density at radius 2 is 2.00 bits per heavy atom. The molecule has 1 aromatic carbocycles. The topological polar surface area (TPSA) is 66.0 Å². The van der Waals surface area contributed by atoms with E-state index in [0.29, 0.717) is 24.1 Å². The van der Waals surface area contributed by atoms with Gasteiger partial charge in [0.2, 0.25) is 5.82 Å². The fourth-order valence-corrected chi connectivity index (χ4v) is 2.46. The van der Waals surface area contributed by atoms with Crippen LogP contribution in [0, 0.1) is 13.8 Å². The number of benzene rings is 1. The van der Waals surface area contributed by atoms with Crippen molar-refractivity contribution in [2.75, 3.05) is 0 Å². The first-order valence-electron chi connectivity index (χ1n) is 6.35. The maximum absolute atomic E-state index is 5.66. The maximum atomic E-state index is 5.66. The molecule has 3 aromatic rings. The number of hydrogen-bond donors (Lipinski definition) is 0. The smallest absolute Gasteiger partial charge is 0.206 e. The largest absolute Gasteiger partial charge is 0.483 e. The summed E-state index contributed by atoms with van der Waals surface area (Å²) in [6.07, 6.45) is 0. The lowest BCUT2D eigenvalue weighted by molar-refractivity contribution is 0.279. The molecular weight excluding hydrogens is 256 g/mol. The van der Waals surface area contributed by atoms with Crippen LogP contribution in [0.25, 0.3) is 17.3 Å². The van der Waals surface area contributed by atoms with Crippen LogP contribution in [-0.2, 0) is 6.61 Å². The van der Waals surface area contributed by atoms with Gasteiger partial charge in [0.1, 0.15) is 12.4 Å². The van der Waals surface area contributed by atoms with Crippen molar-refractivity contribution in [3.63, 3.8) is 0 Å². The second kappa shape index (κ2) is 3.93. The number of aryl methyl sites for hydroxylation is 2. The summed E-state index contributed by atoms with van der Waals surface area (Å²) < 4.78 is 13.3. The molecule has 100 valence electrons. The Bertz CT molecular complexity index is 803. The molecule has 0 bridgehead atoms. The van der Waals surface area contributed by atoms with Crippen LogP contribution in [0.15, 0.2) is 28.7 Å². The monoisotopic (exact) mass is 268 g/mol. The summed E-state index contributed by atoms with van der Waals surface area (Å²) in [7, 11) is 0. The van der Waals surface area contributed by atoms with E-state index < -0.39 is 0 Å². The summed E-state index contributed by atoms with van der Waals surface area (Å²) in [5.41, 5.74) is 1.73. The van der Waals surface area contributed by atoms with Gasteiger partial charge in [-0.05, 0) is 19.1 Å². The van der Waals surface area contributed by atoms with Crippen molar-refractivity contribution < 1.29 is 9.15 Å². The molecule has 0 fully saturated rings. The van der Waals surface area contributed by atoms with Gasteiger partial charge in [0.05, 0.1) is 11.4 Å². The first kappa shape index (κ1) is 11.2. The van der Waals surface area contributed by atoms with Crippen molar-refractivity contribution in [1.29, 1.82) is 0 Å². The summed E-state index contributed by atoms with van der Waals surface area (Å²) in [5.74, 6) is 3.50. The van der Waals surface area contributed by atoms with Crippen molar-refractivity contribution in [1.82, 2.24) is 19.7 Å². The number of rotatable bonds is 1. The van der Waals surface area contributed by atoms with Crippen molar-refractivity contribution in [3.05, 3.63) is 41.7 Å². The third-order valence-corrected chi connectivity index (χ3v) is 3.30. The fourth-order valence-electron chi connectivity index (χ4n) is 2.46. The van der Waals surface area contributed by atoms with Gasteiger partial charge in [-0.15, -0.1) is 10.2 Å². The lowest BCUT2D eigenvalue weighted by Gasteiger charge is -2.19. The van der Waals surface area contributed by atoms with E-state index in [2.05, 4.69) is 15.2 Å². The van der Waals surface area contributed by atoms with Crippen LogP contribution >= 0.6 is 0 Å². The molecule has 0 spiro atoms. The zero-order chi connectivity index (χ0) is 13.7. The van der Waals surface area contributed by atoms with E-state index >= 15 is 0 Å². The molecule has 1 aliphatic heterocycles. The normalized spacial score (nSPS) is 12.7. The molecule has 2 aromatic heterocycles. The zero-order valence-corrected chi connectivity index (χ0v) is 11.1. The summed E-state index contributed by atoms with van der Waals surface area (Å²) >= 11 is 0. The van der Waals surface area contributed by atoms with Crippen molar-refractivity contribution in [3.8, 4) is 23.0 Å². The van der Waals surface area contributed by atoms with Gasteiger partial charge in [0.25, 0.3) is 0 Å². The number of ether oxygens (including phenoxy) is 1. The molecule has 3 heterocycles. The molecule has 4 rings (SSSR count). The molecule has 6 heteroatoms. The van der Waals surface area contributed by atoms with E-state index in [1.807, 2.05) is 42.7 Å². The molecule has 6 nitrogen and oxygen atoms in total. The fraction of sp³-hybridized carbons (Fsp3) is 0.214. The van der Waals surface area contributed by atoms with Gasteiger partial charge in [0.15, 0.2) is 17.5 Å². The molecule has 0 radical (unpaired) electrons. The molecule has 0 saturated carbocycles. The van der Waals surface area contributed by atoms with Gasteiger partial charge in [-0.25, -0.2) is 4.98 Å². The van der Waals surface area contributed by atoms with E-state index in [1.54, 1.807) is 0 Å². The summed E-state index contributed by atoms with van der Waals surface area (Å²) in [6.45, 7) is 4.12. The van der Waals surface area contributed by atoms with Crippen LogP contribution in [-0.4, -0.2) is 19.7 Å². The second-order valence-electron chi connectivity index (χ2n) is 4.68. The third kappa shape index (κ3) is 1.48. The van der Waals surface area contributed by atoms with Gasteiger partial charge < -0.3 is 9.15 Å². The first-order valence-corrected chi connectivity index (χ1v) is 6.35. The Morgan fingerprint density at radius 1 is 1.15 bits per heavy atom. The maximum Gasteiger partial charge on any atom is 0.206 e. The van der Waals surface area contributed by atoms with Crippen LogP contribution in [0.1, 0.15) is 17.4 Å².